The monoisotopic (exact) mass is 314 g/mol. The van der Waals surface area contributed by atoms with Crippen molar-refractivity contribution >= 4 is 5.82 Å². The van der Waals surface area contributed by atoms with Crippen LogP contribution in [0.2, 0.25) is 0 Å². The first-order valence-corrected chi connectivity index (χ1v) is 8.38. The zero-order valence-electron chi connectivity index (χ0n) is 14.5. The second kappa shape index (κ2) is 6.66. The van der Waals surface area contributed by atoms with Crippen LogP contribution in [0.25, 0.3) is 5.95 Å². The Bertz CT molecular complexity index is 685. The first kappa shape index (κ1) is 15.9. The molecule has 0 amide bonds. The highest BCUT2D eigenvalue weighted by atomic mass is 15.4. The highest BCUT2D eigenvalue weighted by molar-refractivity contribution is 5.47. The molecule has 0 aromatic carbocycles. The van der Waals surface area contributed by atoms with Gasteiger partial charge in [-0.15, -0.1) is 0 Å². The zero-order chi connectivity index (χ0) is 16.4. The topological polar surface area (TPSA) is 67.7 Å². The lowest BCUT2D eigenvalue weighted by Crippen LogP contribution is -2.33. The number of nitrogens with one attached hydrogen (secondary N) is 2. The van der Waals surface area contributed by atoms with E-state index in [2.05, 4.69) is 27.6 Å². The maximum absolute atomic E-state index is 4.72. The summed E-state index contributed by atoms with van der Waals surface area (Å²) in [5, 5.41) is 11.5. The van der Waals surface area contributed by atoms with Gasteiger partial charge < -0.3 is 10.6 Å². The van der Waals surface area contributed by atoms with Crippen molar-refractivity contribution in [3.05, 3.63) is 28.7 Å². The molecule has 2 aromatic heterocycles. The highest BCUT2D eigenvalue weighted by Crippen LogP contribution is 2.19. The fourth-order valence-corrected chi connectivity index (χ4v) is 3.05. The molecule has 1 aliphatic heterocycles. The first-order valence-electron chi connectivity index (χ1n) is 8.38. The second-order valence-corrected chi connectivity index (χ2v) is 6.51. The third-order valence-corrected chi connectivity index (χ3v) is 4.53. The normalized spacial score (nSPS) is 18.2. The van der Waals surface area contributed by atoms with Crippen LogP contribution < -0.4 is 10.6 Å². The quantitative estimate of drug-likeness (QED) is 0.906. The lowest BCUT2D eigenvalue weighted by atomic mass is 10.00. The smallest absolute Gasteiger partial charge is 0.252 e. The SMILES string of the molecule is Cc1cc(C)n(-c2nc(C)c(C)c(NCC3CCCNC3)n2)n1. The summed E-state index contributed by atoms with van der Waals surface area (Å²) in [5.74, 6) is 2.23. The van der Waals surface area contributed by atoms with Crippen molar-refractivity contribution in [2.24, 2.45) is 5.92 Å². The molecule has 0 spiro atoms. The number of hydrogen-bond acceptors (Lipinski definition) is 5. The van der Waals surface area contributed by atoms with Gasteiger partial charge in [0.2, 0.25) is 0 Å². The van der Waals surface area contributed by atoms with Crippen molar-refractivity contribution in [1.29, 1.82) is 0 Å². The Morgan fingerprint density at radius 1 is 1.26 bits per heavy atom. The molecule has 0 radical (unpaired) electrons. The van der Waals surface area contributed by atoms with Gasteiger partial charge in [-0.2, -0.15) is 10.1 Å². The van der Waals surface area contributed by atoms with Crippen LogP contribution in [0.3, 0.4) is 0 Å². The van der Waals surface area contributed by atoms with Crippen molar-refractivity contribution in [3.8, 4) is 5.95 Å². The van der Waals surface area contributed by atoms with Gasteiger partial charge in [0, 0.05) is 23.5 Å². The highest BCUT2D eigenvalue weighted by Gasteiger charge is 2.16. The molecule has 23 heavy (non-hydrogen) atoms. The minimum absolute atomic E-state index is 0.642. The van der Waals surface area contributed by atoms with Crippen molar-refractivity contribution in [1.82, 2.24) is 25.1 Å². The maximum Gasteiger partial charge on any atom is 0.252 e. The molecule has 124 valence electrons. The molecule has 0 aliphatic carbocycles. The molecule has 1 fully saturated rings. The van der Waals surface area contributed by atoms with E-state index in [0.717, 1.165) is 48.1 Å². The van der Waals surface area contributed by atoms with E-state index in [0.29, 0.717) is 11.9 Å². The molecular formula is C17H26N6. The number of anilines is 1. The molecular weight excluding hydrogens is 288 g/mol. The number of piperidine rings is 1. The Labute approximate surface area is 137 Å². The molecule has 2 N–H and O–H groups in total. The largest absolute Gasteiger partial charge is 0.369 e. The summed E-state index contributed by atoms with van der Waals surface area (Å²) in [7, 11) is 0. The van der Waals surface area contributed by atoms with E-state index in [9.17, 15) is 0 Å². The average Bonchev–Trinajstić information content (AvgIpc) is 2.88. The summed E-state index contributed by atoms with van der Waals surface area (Å²) in [4.78, 5) is 9.33. The molecule has 2 aromatic rings. The first-order chi connectivity index (χ1) is 11.0. The van der Waals surface area contributed by atoms with Crippen LogP contribution in [-0.4, -0.2) is 39.4 Å². The van der Waals surface area contributed by atoms with Crippen LogP contribution in [0.5, 0.6) is 0 Å². The minimum Gasteiger partial charge on any atom is -0.369 e. The lowest BCUT2D eigenvalue weighted by Gasteiger charge is -2.23. The summed E-state index contributed by atoms with van der Waals surface area (Å²) >= 11 is 0. The van der Waals surface area contributed by atoms with Gasteiger partial charge in [0.1, 0.15) is 5.82 Å². The van der Waals surface area contributed by atoms with E-state index in [1.54, 1.807) is 0 Å². The molecule has 6 heteroatoms. The second-order valence-electron chi connectivity index (χ2n) is 6.51. The molecule has 1 atom stereocenters. The predicted octanol–water partition coefficient (Wildman–Crippen LogP) is 2.31. The number of aromatic nitrogens is 4. The Morgan fingerprint density at radius 2 is 2.09 bits per heavy atom. The van der Waals surface area contributed by atoms with Crippen LogP contribution in [0.4, 0.5) is 5.82 Å². The molecule has 1 unspecified atom stereocenters. The van der Waals surface area contributed by atoms with Crippen LogP contribution in [0.1, 0.15) is 35.5 Å². The van der Waals surface area contributed by atoms with E-state index in [-0.39, 0.29) is 0 Å². The maximum atomic E-state index is 4.72. The van der Waals surface area contributed by atoms with E-state index >= 15 is 0 Å². The Hall–Kier alpha value is -1.95. The number of nitrogens with zero attached hydrogens (tertiary/aromatic N) is 4. The Morgan fingerprint density at radius 3 is 2.74 bits per heavy atom. The molecule has 1 aliphatic rings. The number of aryl methyl sites for hydroxylation is 3. The van der Waals surface area contributed by atoms with Crippen LogP contribution in [-0.2, 0) is 0 Å². The summed E-state index contributed by atoms with van der Waals surface area (Å²) in [6.07, 6.45) is 2.53. The van der Waals surface area contributed by atoms with Crippen LogP contribution in [0.15, 0.2) is 6.07 Å². The standard InChI is InChI=1S/C17H26N6/c1-11-8-12(2)23(22-11)17-20-14(4)13(3)16(21-17)19-10-15-6-5-7-18-9-15/h8,15,18H,5-7,9-10H2,1-4H3,(H,19,20,21). The molecule has 0 bridgehead atoms. The summed E-state index contributed by atoms with van der Waals surface area (Å²) in [6, 6.07) is 2.04. The molecule has 3 rings (SSSR count). The van der Waals surface area contributed by atoms with E-state index in [4.69, 9.17) is 4.98 Å². The van der Waals surface area contributed by atoms with Gasteiger partial charge in [0.05, 0.1) is 5.69 Å². The third kappa shape index (κ3) is 3.52. The van der Waals surface area contributed by atoms with Crippen molar-refractivity contribution in [2.45, 2.75) is 40.5 Å². The predicted molar refractivity (Wildman–Crippen MR) is 92.2 cm³/mol. The van der Waals surface area contributed by atoms with Gasteiger partial charge in [0.15, 0.2) is 0 Å². The van der Waals surface area contributed by atoms with E-state index in [1.807, 2.05) is 31.5 Å². The summed E-state index contributed by atoms with van der Waals surface area (Å²) in [6.45, 7) is 11.3. The van der Waals surface area contributed by atoms with Crippen LogP contribution >= 0.6 is 0 Å². The van der Waals surface area contributed by atoms with Gasteiger partial charge >= 0.3 is 0 Å². The number of rotatable bonds is 4. The molecule has 1 saturated heterocycles. The fraction of sp³-hybridized carbons (Fsp3) is 0.588. The molecule has 6 nitrogen and oxygen atoms in total. The Kier molecular flexibility index (Phi) is 4.61. The Balaban J connectivity index is 1.83. The van der Waals surface area contributed by atoms with Crippen LogP contribution in [0, 0.1) is 33.6 Å². The number of hydrogen-bond donors (Lipinski definition) is 2. The van der Waals surface area contributed by atoms with Crippen molar-refractivity contribution < 1.29 is 0 Å². The van der Waals surface area contributed by atoms with E-state index < -0.39 is 0 Å². The zero-order valence-corrected chi connectivity index (χ0v) is 14.5. The summed E-state index contributed by atoms with van der Waals surface area (Å²) < 4.78 is 1.81. The summed E-state index contributed by atoms with van der Waals surface area (Å²) in [5.41, 5.74) is 4.13. The van der Waals surface area contributed by atoms with Gasteiger partial charge in [-0.3, -0.25) is 0 Å². The molecule has 0 saturated carbocycles. The third-order valence-electron chi connectivity index (χ3n) is 4.53. The average molecular weight is 314 g/mol. The van der Waals surface area contributed by atoms with E-state index in [1.165, 1.54) is 12.8 Å². The lowest BCUT2D eigenvalue weighted by molar-refractivity contribution is 0.392. The van der Waals surface area contributed by atoms with Crippen molar-refractivity contribution in [2.75, 3.05) is 25.0 Å². The fourth-order valence-electron chi connectivity index (χ4n) is 3.05. The van der Waals surface area contributed by atoms with Gasteiger partial charge in [-0.05, 0) is 65.6 Å². The molecule has 3 heterocycles. The van der Waals surface area contributed by atoms with Gasteiger partial charge in [-0.1, -0.05) is 0 Å². The minimum atomic E-state index is 0.642. The van der Waals surface area contributed by atoms with Crippen molar-refractivity contribution in [3.63, 3.8) is 0 Å². The van der Waals surface area contributed by atoms with Gasteiger partial charge in [-0.25, -0.2) is 9.67 Å². The van der Waals surface area contributed by atoms with Gasteiger partial charge in [0.25, 0.3) is 5.95 Å².